The van der Waals surface area contributed by atoms with E-state index in [-0.39, 0.29) is 51.4 Å². The molecule has 0 radical (unpaired) electrons. The van der Waals surface area contributed by atoms with Gasteiger partial charge in [-0.15, -0.1) is 0 Å². The standard InChI is InChI=1S/C6H5O3S.K/c7-10(8)9-6-4-2-1-3-5-6;/h1-5H;/q-1;+1. The maximum atomic E-state index is 9.95. The van der Waals surface area contributed by atoms with Crippen LogP contribution in [-0.2, 0) is 19.4 Å². The first kappa shape index (κ1) is 11.6. The van der Waals surface area contributed by atoms with E-state index in [2.05, 4.69) is 4.18 Å². The fourth-order valence-corrected chi connectivity index (χ4v) is 0.823. The Hall–Kier alpha value is 0.606. The minimum atomic E-state index is -2.47. The Bertz CT molecular complexity index is 262. The van der Waals surface area contributed by atoms with Gasteiger partial charge in [-0.2, -0.15) is 0 Å². The summed E-state index contributed by atoms with van der Waals surface area (Å²) >= 11 is 0. The minimum Gasteiger partial charge on any atom is -0.533 e. The van der Waals surface area contributed by atoms with Crippen molar-refractivity contribution in [2.24, 2.45) is 0 Å². The fourth-order valence-electron chi connectivity index (χ4n) is 0.555. The van der Waals surface area contributed by atoms with E-state index in [0.29, 0.717) is 5.75 Å². The summed E-state index contributed by atoms with van der Waals surface area (Å²) in [5.74, 6) is 0.329. The van der Waals surface area contributed by atoms with Crippen LogP contribution in [0.5, 0.6) is 5.75 Å². The molecule has 5 heteroatoms. The molecule has 0 unspecified atom stereocenters. The molecule has 1 aromatic rings. The predicted octanol–water partition coefficient (Wildman–Crippen LogP) is -1.71. The molecule has 0 saturated carbocycles. The quantitative estimate of drug-likeness (QED) is 0.418. The van der Waals surface area contributed by atoms with Crippen molar-refractivity contribution in [2.45, 2.75) is 0 Å². The van der Waals surface area contributed by atoms with Crippen LogP contribution < -0.4 is 55.6 Å². The van der Waals surface area contributed by atoms with Crippen molar-refractivity contribution in [3.63, 3.8) is 0 Å². The summed E-state index contributed by atoms with van der Waals surface area (Å²) in [6.45, 7) is 0. The Morgan fingerprint density at radius 1 is 1.09 bits per heavy atom. The molecule has 0 spiro atoms. The molecular weight excluding hydrogens is 191 g/mol. The molecule has 11 heavy (non-hydrogen) atoms. The van der Waals surface area contributed by atoms with Crippen LogP contribution in [0.25, 0.3) is 0 Å². The van der Waals surface area contributed by atoms with E-state index in [1.165, 1.54) is 0 Å². The normalized spacial score (nSPS) is 8.82. The van der Waals surface area contributed by atoms with Crippen LogP contribution in [0.3, 0.4) is 0 Å². The average Bonchev–Trinajstić information content (AvgIpc) is 1.88. The van der Waals surface area contributed by atoms with Gasteiger partial charge in [0.25, 0.3) is 0 Å². The topological polar surface area (TPSA) is 43.4 Å². The summed E-state index contributed by atoms with van der Waals surface area (Å²) in [5.41, 5.74) is 0. The molecule has 0 aliphatic heterocycles. The third-order valence-electron chi connectivity index (χ3n) is 0.907. The number of hydrogen-bond donors (Lipinski definition) is 0. The second-order valence-corrected chi connectivity index (χ2v) is 2.18. The van der Waals surface area contributed by atoms with E-state index in [0.717, 1.165) is 0 Å². The molecule has 0 fully saturated rings. The van der Waals surface area contributed by atoms with Gasteiger partial charge in [0.2, 0.25) is 0 Å². The summed E-state index contributed by atoms with van der Waals surface area (Å²) in [6, 6.07) is 8.30. The van der Waals surface area contributed by atoms with E-state index in [9.17, 15) is 8.42 Å². The molecule has 0 aliphatic rings. The summed E-state index contributed by atoms with van der Waals surface area (Å²) in [6.07, 6.45) is 0. The van der Waals surface area contributed by atoms with Gasteiger partial charge in [0, 0.05) is 0 Å². The minimum absolute atomic E-state index is 0. The van der Waals surface area contributed by atoms with E-state index in [4.69, 9.17) is 0 Å². The van der Waals surface area contributed by atoms with E-state index in [1.54, 1.807) is 30.3 Å². The molecule has 54 valence electrons. The number of benzene rings is 1. The molecule has 0 bridgehead atoms. The van der Waals surface area contributed by atoms with Crippen molar-refractivity contribution in [3.05, 3.63) is 30.3 Å². The second-order valence-electron chi connectivity index (χ2n) is 1.60. The maximum Gasteiger partial charge on any atom is 1.00 e. The average molecular weight is 196 g/mol. The largest absolute Gasteiger partial charge is 1.00 e. The van der Waals surface area contributed by atoms with Crippen molar-refractivity contribution < 1.29 is 64.0 Å². The number of hydrogen-bond acceptors (Lipinski definition) is 4. The van der Waals surface area contributed by atoms with Crippen molar-refractivity contribution in [1.29, 1.82) is 0 Å². The van der Waals surface area contributed by atoms with Crippen LogP contribution in [0.2, 0.25) is 0 Å². The van der Waals surface area contributed by atoms with Crippen LogP contribution in [0.15, 0.2) is 30.3 Å². The van der Waals surface area contributed by atoms with Gasteiger partial charge in [-0.3, -0.25) is 0 Å². The fraction of sp³-hybridized carbons (Fsp3) is 0. The summed E-state index contributed by atoms with van der Waals surface area (Å²) in [7, 11) is -2.47. The molecule has 0 saturated heterocycles. The van der Waals surface area contributed by atoms with Crippen LogP contribution in [-0.4, -0.2) is 0 Å². The molecule has 0 aliphatic carbocycles. The first-order valence-corrected chi connectivity index (χ1v) is 3.61. The molecule has 0 heterocycles. The Labute approximate surface area is 109 Å². The maximum absolute atomic E-state index is 9.95. The summed E-state index contributed by atoms with van der Waals surface area (Å²) < 4.78 is 24.2. The van der Waals surface area contributed by atoms with Gasteiger partial charge in [0.15, 0.2) is 0 Å². The number of para-hydroxylation sites is 1. The molecular formula is C6H5KO3S. The molecule has 0 N–H and O–H groups in total. The first-order valence-electron chi connectivity index (χ1n) is 2.61. The second kappa shape index (κ2) is 6.16. The van der Waals surface area contributed by atoms with Gasteiger partial charge in [-0.05, 0) is 12.1 Å². The molecule has 0 amide bonds. The monoisotopic (exact) mass is 196 g/mol. The van der Waals surface area contributed by atoms with Gasteiger partial charge in [-0.1, -0.05) is 18.2 Å². The van der Waals surface area contributed by atoms with Gasteiger partial charge < -0.3 is 12.6 Å². The smallest absolute Gasteiger partial charge is 0.533 e. The van der Waals surface area contributed by atoms with Gasteiger partial charge in [0.1, 0.15) is 16.7 Å². The third kappa shape index (κ3) is 4.94. The van der Waals surface area contributed by atoms with Gasteiger partial charge >= 0.3 is 51.4 Å². The Morgan fingerprint density at radius 2 is 1.64 bits per heavy atom. The van der Waals surface area contributed by atoms with Crippen molar-refractivity contribution >= 4 is 11.0 Å². The Kier molecular flexibility index (Phi) is 6.50. The summed E-state index contributed by atoms with van der Waals surface area (Å²) in [5, 5.41) is 0. The first-order chi connectivity index (χ1) is 4.79. The van der Waals surface area contributed by atoms with Gasteiger partial charge in [0.05, 0.1) is 0 Å². The number of rotatable bonds is 2. The zero-order valence-electron chi connectivity index (χ0n) is 6.02. The van der Waals surface area contributed by atoms with Crippen LogP contribution in [0.1, 0.15) is 0 Å². The van der Waals surface area contributed by atoms with Gasteiger partial charge in [-0.25, -0.2) is 0 Å². The molecule has 3 nitrogen and oxygen atoms in total. The van der Waals surface area contributed by atoms with E-state index in [1.807, 2.05) is 0 Å². The van der Waals surface area contributed by atoms with E-state index < -0.39 is 11.0 Å². The van der Waals surface area contributed by atoms with Crippen molar-refractivity contribution in [1.82, 2.24) is 0 Å². The molecule has 0 atom stereocenters. The van der Waals surface area contributed by atoms with Crippen molar-refractivity contribution in [2.75, 3.05) is 0 Å². The zero-order valence-corrected chi connectivity index (χ0v) is 9.96. The molecule has 1 aromatic carbocycles. The zero-order chi connectivity index (χ0) is 7.40. The molecule has 1 rings (SSSR count). The van der Waals surface area contributed by atoms with Crippen LogP contribution in [0.4, 0.5) is 0 Å². The SMILES string of the molecule is O=[S-](=O)Oc1ccccc1.[K+]. The summed E-state index contributed by atoms with van der Waals surface area (Å²) in [4.78, 5) is 0. The van der Waals surface area contributed by atoms with Crippen molar-refractivity contribution in [3.8, 4) is 5.75 Å². The Balaban J connectivity index is 0.000001000. The van der Waals surface area contributed by atoms with Crippen LogP contribution >= 0.6 is 0 Å². The van der Waals surface area contributed by atoms with Crippen LogP contribution in [0, 0.1) is 0 Å². The Morgan fingerprint density at radius 3 is 2.09 bits per heavy atom. The predicted molar refractivity (Wildman–Crippen MR) is 35.8 cm³/mol. The third-order valence-corrected chi connectivity index (χ3v) is 1.24. The van der Waals surface area contributed by atoms with E-state index >= 15 is 0 Å². The molecule has 0 aromatic heterocycles.